The van der Waals surface area contributed by atoms with Crippen molar-refractivity contribution in [3.8, 4) is 0 Å². The summed E-state index contributed by atoms with van der Waals surface area (Å²) in [4.78, 5) is 25.3. The maximum absolute atomic E-state index is 12.6. The molecule has 1 atom stereocenters. The lowest BCUT2D eigenvalue weighted by Gasteiger charge is -2.15. The lowest BCUT2D eigenvalue weighted by atomic mass is 10.1. The third-order valence-electron chi connectivity index (χ3n) is 5.41. The first-order valence-corrected chi connectivity index (χ1v) is 12.1. The number of thioether (sulfide) groups is 1. The number of carbonyl (C=O) groups excluding carboxylic acids is 2. The van der Waals surface area contributed by atoms with E-state index in [0.717, 1.165) is 28.8 Å². The molecule has 0 unspecified atom stereocenters. The molecule has 0 aliphatic carbocycles. The summed E-state index contributed by atoms with van der Waals surface area (Å²) in [5, 5.41) is 15.3. The van der Waals surface area contributed by atoms with Crippen molar-refractivity contribution in [3.05, 3.63) is 70.5 Å². The summed E-state index contributed by atoms with van der Waals surface area (Å²) in [6, 6.07) is 13.2. The molecule has 2 N–H and O–H groups in total. The second kappa shape index (κ2) is 11.1. The van der Waals surface area contributed by atoms with Crippen LogP contribution in [0.3, 0.4) is 0 Å². The summed E-state index contributed by atoms with van der Waals surface area (Å²) in [7, 11) is 0. The molecule has 0 bridgehead atoms. The van der Waals surface area contributed by atoms with Gasteiger partial charge in [0.2, 0.25) is 5.91 Å². The van der Waals surface area contributed by atoms with Crippen molar-refractivity contribution in [3.63, 3.8) is 0 Å². The van der Waals surface area contributed by atoms with Crippen LogP contribution in [0.15, 0.2) is 47.6 Å². The molecule has 2 amide bonds. The SMILES string of the molecule is CCc1cccc(C)c1NC(=O)CSc1nnc([C@@H](C)NC(=O)c2cccc(C)c2)n1CC. The number of nitrogens with zero attached hydrogens (tertiary/aromatic N) is 3. The average molecular weight is 466 g/mol. The van der Waals surface area contributed by atoms with Crippen molar-refractivity contribution in [1.82, 2.24) is 20.1 Å². The van der Waals surface area contributed by atoms with Crippen LogP contribution in [-0.2, 0) is 17.8 Å². The summed E-state index contributed by atoms with van der Waals surface area (Å²) in [6.45, 7) is 10.5. The van der Waals surface area contributed by atoms with Crippen LogP contribution < -0.4 is 10.6 Å². The van der Waals surface area contributed by atoms with Crippen LogP contribution in [0.1, 0.15) is 59.7 Å². The summed E-state index contributed by atoms with van der Waals surface area (Å²) in [5.41, 5.74) is 4.69. The third-order valence-corrected chi connectivity index (χ3v) is 6.38. The molecule has 0 fully saturated rings. The van der Waals surface area contributed by atoms with Gasteiger partial charge in [-0.3, -0.25) is 9.59 Å². The van der Waals surface area contributed by atoms with Crippen LogP contribution >= 0.6 is 11.8 Å². The number of nitrogens with one attached hydrogen (secondary N) is 2. The van der Waals surface area contributed by atoms with Crippen molar-refractivity contribution in [1.29, 1.82) is 0 Å². The van der Waals surface area contributed by atoms with E-state index in [0.29, 0.717) is 23.1 Å². The van der Waals surface area contributed by atoms with Crippen LogP contribution in [0.4, 0.5) is 5.69 Å². The summed E-state index contributed by atoms with van der Waals surface area (Å²) < 4.78 is 1.93. The Morgan fingerprint density at radius 2 is 1.85 bits per heavy atom. The van der Waals surface area contributed by atoms with Gasteiger partial charge in [0.15, 0.2) is 11.0 Å². The highest BCUT2D eigenvalue weighted by molar-refractivity contribution is 7.99. The number of amides is 2. The van der Waals surface area contributed by atoms with Gasteiger partial charge < -0.3 is 15.2 Å². The Morgan fingerprint density at radius 3 is 2.55 bits per heavy atom. The third kappa shape index (κ3) is 6.01. The molecule has 0 radical (unpaired) electrons. The number of rotatable bonds is 9. The number of hydrogen-bond acceptors (Lipinski definition) is 5. The Kier molecular flexibility index (Phi) is 8.27. The predicted molar refractivity (Wildman–Crippen MR) is 133 cm³/mol. The molecule has 0 spiro atoms. The molecular weight excluding hydrogens is 434 g/mol. The zero-order chi connectivity index (χ0) is 24.0. The highest BCUT2D eigenvalue weighted by Crippen LogP contribution is 2.24. The Morgan fingerprint density at radius 1 is 1.09 bits per heavy atom. The van der Waals surface area contributed by atoms with Crippen molar-refractivity contribution < 1.29 is 9.59 Å². The average Bonchev–Trinajstić information content (AvgIpc) is 3.22. The molecule has 1 heterocycles. The van der Waals surface area contributed by atoms with E-state index in [9.17, 15) is 9.59 Å². The second-order valence-corrected chi connectivity index (χ2v) is 8.89. The summed E-state index contributed by atoms with van der Waals surface area (Å²) >= 11 is 1.34. The Labute approximate surface area is 199 Å². The zero-order valence-corrected chi connectivity index (χ0v) is 20.6. The smallest absolute Gasteiger partial charge is 0.251 e. The van der Waals surface area contributed by atoms with Gasteiger partial charge in [0.25, 0.3) is 5.91 Å². The van der Waals surface area contributed by atoms with Crippen LogP contribution in [0, 0.1) is 13.8 Å². The molecule has 33 heavy (non-hydrogen) atoms. The van der Waals surface area contributed by atoms with Gasteiger partial charge in [0, 0.05) is 17.8 Å². The first-order valence-electron chi connectivity index (χ1n) is 11.2. The Bertz CT molecular complexity index is 1140. The van der Waals surface area contributed by atoms with E-state index < -0.39 is 0 Å². The first-order chi connectivity index (χ1) is 15.8. The summed E-state index contributed by atoms with van der Waals surface area (Å²) in [6.07, 6.45) is 0.851. The highest BCUT2D eigenvalue weighted by atomic mass is 32.2. The minimum atomic E-state index is -0.326. The van der Waals surface area contributed by atoms with E-state index in [1.54, 1.807) is 6.07 Å². The Hall–Kier alpha value is -3.13. The predicted octanol–water partition coefficient (Wildman–Crippen LogP) is 4.70. The lowest BCUT2D eigenvalue weighted by molar-refractivity contribution is -0.113. The number of aryl methyl sites for hydroxylation is 3. The maximum Gasteiger partial charge on any atom is 0.251 e. The van der Waals surface area contributed by atoms with E-state index in [1.807, 2.05) is 68.7 Å². The van der Waals surface area contributed by atoms with Gasteiger partial charge in [-0.15, -0.1) is 10.2 Å². The van der Waals surface area contributed by atoms with Crippen LogP contribution in [0.2, 0.25) is 0 Å². The maximum atomic E-state index is 12.6. The first kappa shape index (κ1) is 24.5. The topological polar surface area (TPSA) is 88.9 Å². The molecule has 1 aromatic heterocycles. The van der Waals surface area contributed by atoms with Crippen molar-refractivity contribution in [2.24, 2.45) is 0 Å². The molecule has 0 aliphatic rings. The molecular formula is C25H31N5O2S. The zero-order valence-electron chi connectivity index (χ0n) is 19.8. The molecule has 3 rings (SSSR count). The fourth-order valence-corrected chi connectivity index (χ4v) is 4.47. The molecule has 7 nitrogen and oxygen atoms in total. The minimum Gasteiger partial charge on any atom is -0.342 e. The molecule has 2 aromatic carbocycles. The minimum absolute atomic E-state index is 0.0861. The van der Waals surface area contributed by atoms with E-state index >= 15 is 0 Å². The molecule has 8 heteroatoms. The van der Waals surface area contributed by atoms with Crippen molar-refractivity contribution in [2.75, 3.05) is 11.1 Å². The van der Waals surface area contributed by atoms with Gasteiger partial charge in [-0.25, -0.2) is 0 Å². The second-order valence-electron chi connectivity index (χ2n) is 7.95. The van der Waals surface area contributed by atoms with Gasteiger partial charge in [0.1, 0.15) is 0 Å². The van der Waals surface area contributed by atoms with Crippen molar-refractivity contribution >= 4 is 29.3 Å². The number of aromatic nitrogens is 3. The normalized spacial score (nSPS) is 11.8. The Balaban J connectivity index is 1.65. The molecule has 174 valence electrons. The quantitative estimate of drug-likeness (QED) is 0.447. The molecule has 0 aliphatic heterocycles. The van der Waals surface area contributed by atoms with E-state index in [1.165, 1.54) is 11.8 Å². The van der Waals surface area contributed by atoms with Gasteiger partial charge in [-0.05, 0) is 57.4 Å². The van der Waals surface area contributed by atoms with Crippen LogP contribution in [-0.4, -0.2) is 32.3 Å². The number of benzene rings is 2. The van der Waals surface area contributed by atoms with E-state index in [4.69, 9.17) is 0 Å². The van der Waals surface area contributed by atoms with Gasteiger partial charge in [-0.1, -0.05) is 54.6 Å². The van der Waals surface area contributed by atoms with Gasteiger partial charge in [-0.2, -0.15) is 0 Å². The summed E-state index contributed by atoms with van der Waals surface area (Å²) in [5.74, 6) is 0.639. The van der Waals surface area contributed by atoms with E-state index in [-0.39, 0.29) is 23.6 Å². The van der Waals surface area contributed by atoms with Gasteiger partial charge >= 0.3 is 0 Å². The van der Waals surface area contributed by atoms with Gasteiger partial charge in [0.05, 0.1) is 11.8 Å². The van der Waals surface area contributed by atoms with Crippen LogP contribution in [0.25, 0.3) is 0 Å². The van der Waals surface area contributed by atoms with Crippen LogP contribution in [0.5, 0.6) is 0 Å². The number of anilines is 1. The standard InChI is InChI=1S/C25H31N5O2S/c1-6-19-12-9-11-17(4)22(19)27-21(31)15-33-25-29-28-23(30(25)7-2)18(5)26-24(32)20-13-8-10-16(3)14-20/h8-14,18H,6-7,15H2,1-5H3,(H,26,32)(H,27,31)/t18-/m1/s1. The highest BCUT2D eigenvalue weighted by Gasteiger charge is 2.20. The fourth-order valence-electron chi connectivity index (χ4n) is 3.66. The molecule has 0 saturated heterocycles. The number of hydrogen-bond donors (Lipinski definition) is 2. The van der Waals surface area contributed by atoms with Crippen molar-refractivity contribution in [2.45, 2.75) is 58.8 Å². The molecule has 3 aromatic rings. The molecule has 0 saturated carbocycles. The largest absolute Gasteiger partial charge is 0.342 e. The van der Waals surface area contributed by atoms with E-state index in [2.05, 4.69) is 27.8 Å². The monoisotopic (exact) mass is 465 g/mol. The number of carbonyl (C=O) groups is 2. The number of para-hydroxylation sites is 1. The fraction of sp³-hybridized carbons (Fsp3) is 0.360. The lowest BCUT2D eigenvalue weighted by Crippen LogP contribution is -2.28.